The molecular formula is C29H35NO6. The Hall–Kier alpha value is -2.77. The van der Waals surface area contributed by atoms with Crippen LogP contribution in [0, 0.1) is 0 Å². The van der Waals surface area contributed by atoms with E-state index < -0.39 is 11.7 Å². The van der Waals surface area contributed by atoms with Crippen molar-refractivity contribution in [3.8, 4) is 17.2 Å². The minimum absolute atomic E-state index is 0.271. The van der Waals surface area contributed by atoms with Crippen LogP contribution in [0.5, 0.6) is 17.2 Å². The average molecular weight is 494 g/mol. The summed E-state index contributed by atoms with van der Waals surface area (Å²) < 4.78 is 23.8. The highest BCUT2D eigenvalue weighted by molar-refractivity contribution is 5.98. The second-order valence-corrected chi connectivity index (χ2v) is 10.5. The molecule has 1 N–H and O–H groups in total. The topological polar surface area (TPSA) is 77.5 Å². The number of para-hydroxylation sites is 1. The van der Waals surface area contributed by atoms with E-state index in [4.69, 9.17) is 18.9 Å². The number of β-amino-alcohol motifs (C(OH)–C–C–N with tert-alkyl or cyclic N) is 1. The van der Waals surface area contributed by atoms with Crippen molar-refractivity contribution >= 4 is 5.97 Å². The van der Waals surface area contributed by atoms with Gasteiger partial charge in [0.25, 0.3) is 0 Å². The van der Waals surface area contributed by atoms with Crippen molar-refractivity contribution in [2.45, 2.75) is 62.6 Å². The van der Waals surface area contributed by atoms with E-state index in [1.165, 1.54) is 31.2 Å². The van der Waals surface area contributed by atoms with Crippen molar-refractivity contribution in [1.29, 1.82) is 0 Å². The van der Waals surface area contributed by atoms with Gasteiger partial charge in [0.05, 0.1) is 13.2 Å². The summed E-state index contributed by atoms with van der Waals surface area (Å²) in [7, 11) is 0. The van der Waals surface area contributed by atoms with Gasteiger partial charge >= 0.3 is 5.97 Å². The lowest BCUT2D eigenvalue weighted by Crippen LogP contribution is -2.46. The molecule has 192 valence electrons. The molecule has 2 aromatic carbocycles. The minimum atomic E-state index is -0.630. The Morgan fingerprint density at radius 3 is 2.64 bits per heavy atom. The van der Waals surface area contributed by atoms with Gasteiger partial charge in [0.15, 0.2) is 11.5 Å². The van der Waals surface area contributed by atoms with E-state index in [-0.39, 0.29) is 12.6 Å². The van der Waals surface area contributed by atoms with Crippen LogP contribution in [0.3, 0.4) is 0 Å². The summed E-state index contributed by atoms with van der Waals surface area (Å²) in [4.78, 5) is 15.1. The standard InChI is InChI=1S/C29H35NO6/c31-21(19-35-24-9-4-3-8-22(24)20-6-1-2-7-20)18-30-14-12-29(13-15-30)23-10-11-25-27(26(23)28(32)36-29)34-17-5-16-33-25/h3-4,8-11,20-21,31H,1-2,5-7,12-19H2. The summed E-state index contributed by atoms with van der Waals surface area (Å²) in [5, 5.41) is 10.8. The van der Waals surface area contributed by atoms with Crippen LogP contribution in [-0.2, 0) is 10.3 Å². The van der Waals surface area contributed by atoms with Crippen molar-refractivity contribution in [1.82, 2.24) is 4.90 Å². The van der Waals surface area contributed by atoms with Gasteiger partial charge < -0.3 is 29.0 Å². The normalized spacial score (nSPS) is 22.2. The second kappa shape index (κ2) is 9.94. The third-order valence-corrected chi connectivity index (χ3v) is 8.18. The highest BCUT2D eigenvalue weighted by Crippen LogP contribution is 2.50. The fraction of sp³-hybridized carbons (Fsp3) is 0.552. The maximum Gasteiger partial charge on any atom is 0.343 e. The molecule has 4 aliphatic rings. The third kappa shape index (κ3) is 4.43. The van der Waals surface area contributed by atoms with E-state index in [9.17, 15) is 9.90 Å². The van der Waals surface area contributed by atoms with E-state index in [1.807, 2.05) is 24.3 Å². The first-order valence-electron chi connectivity index (χ1n) is 13.4. The lowest BCUT2D eigenvalue weighted by molar-refractivity contribution is -0.0497. The molecule has 2 fully saturated rings. The van der Waals surface area contributed by atoms with E-state index >= 15 is 0 Å². The molecule has 0 amide bonds. The van der Waals surface area contributed by atoms with Crippen molar-refractivity contribution in [3.63, 3.8) is 0 Å². The minimum Gasteiger partial charge on any atom is -0.491 e. The number of nitrogens with zero attached hydrogens (tertiary/aromatic N) is 1. The van der Waals surface area contributed by atoms with Crippen LogP contribution in [-0.4, -0.2) is 61.5 Å². The Balaban J connectivity index is 1.07. The van der Waals surface area contributed by atoms with Gasteiger partial charge in [0.1, 0.15) is 29.6 Å². The summed E-state index contributed by atoms with van der Waals surface area (Å²) in [5.41, 5.74) is 2.08. The zero-order valence-corrected chi connectivity index (χ0v) is 20.7. The SMILES string of the molecule is O=C1OC2(CCN(CC(O)COc3ccccc3C3CCCC3)CC2)c2ccc3c(c21)OCCCO3. The number of benzene rings is 2. The maximum atomic E-state index is 12.9. The molecule has 3 aliphatic heterocycles. The molecule has 36 heavy (non-hydrogen) atoms. The Bertz CT molecular complexity index is 1100. The lowest BCUT2D eigenvalue weighted by atomic mass is 9.83. The van der Waals surface area contributed by atoms with Gasteiger partial charge in [-0.3, -0.25) is 0 Å². The predicted molar refractivity (Wildman–Crippen MR) is 134 cm³/mol. The number of rotatable bonds is 6. The molecule has 2 aromatic rings. The van der Waals surface area contributed by atoms with Gasteiger partial charge in [-0.1, -0.05) is 37.1 Å². The van der Waals surface area contributed by atoms with E-state index in [1.54, 1.807) is 0 Å². The summed E-state index contributed by atoms with van der Waals surface area (Å²) >= 11 is 0. The fourth-order valence-electron chi connectivity index (χ4n) is 6.29. The number of ether oxygens (including phenoxy) is 4. The molecule has 1 saturated heterocycles. The van der Waals surface area contributed by atoms with Crippen molar-refractivity contribution in [2.75, 3.05) is 39.5 Å². The van der Waals surface area contributed by atoms with Gasteiger partial charge in [-0.05, 0) is 36.5 Å². The van der Waals surface area contributed by atoms with E-state index in [2.05, 4.69) is 17.0 Å². The molecule has 0 aromatic heterocycles. The number of carbonyl (C=O) groups is 1. The molecule has 7 heteroatoms. The van der Waals surface area contributed by atoms with Crippen LogP contribution in [0.15, 0.2) is 36.4 Å². The third-order valence-electron chi connectivity index (χ3n) is 8.18. The maximum absolute atomic E-state index is 12.9. The number of aliphatic hydroxyl groups is 1. The Kier molecular flexibility index (Phi) is 6.52. The van der Waals surface area contributed by atoms with Gasteiger partial charge in [0, 0.05) is 44.5 Å². The van der Waals surface area contributed by atoms with Crippen molar-refractivity contribution in [2.24, 2.45) is 0 Å². The Labute approximate surface area is 212 Å². The first-order chi connectivity index (χ1) is 17.6. The average Bonchev–Trinajstić information content (AvgIpc) is 3.44. The second-order valence-electron chi connectivity index (χ2n) is 10.5. The molecular weight excluding hydrogens is 458 g/mol. The highest BCUT2D eigenvalue weighted by atomic mass is 16.6. The van der Waals surface area contributed by atoms with Crippen LogP contribution < -0.4 is 14.2 Å². The number of aliphatic hydroxyl groups excluding tert-OH is 1. The zero-order chi connectivity index (χ0) is 24.5. The van der Waals surface area contributed by atoms with Crippen LogP contribution in [0.25, 0.3) is 0 Å². The number of likely N-dealkylation sites (tertiary alicyclic amines) is 1. The Morgan fingerprint density at radius 1 is 1.03 bits per heavy atom. The van der Waals surface area contributed by atoms with Gasteiger partial charge in [-0.25, -0.2) is 4.79 Å². The van der Waals surface area contributed by atoms with Gasteiger partial charge in [-0.15, -0.1) is 0 Å². The first kappa shape index (κ1) is 23.6. The van der Waals surface area contributed by atoms with Crippen LogP contribution >= 0.6 is 0 Å². The summed E-state index contributed by atoms with van der Waals surface area (Å²) in [5.74, 6) is 2.30. The first-order valence-corrected chi connectivity index (χ1v) is 13.4. The fourth-order valence-corrected chi connectivity index (χ4v) is 6.29. The highest BCUT2D eigenvalue weighted by Gasteiger charge is 2.49. The molecule has 1 unspecified atom stereocenters. The number of fused-ring (bicyclic) bond motifs is 4. The smallest absolute Gasteiger partial charge is 0.343 e. The quantitative estimate of drug-likeness (QED) is 0.598. The molecule has 0 bridgehead atoms. The molecule has 7 nitrogen and oxygen atoms in total. The molecule has 1 saturated carbocycles. The number of hydrogen-bond donors (Lipinski definition) is 1. The van der Waals surface area contributed by atoms with E-state index in [0.717, 1.165) is 30.8 Å². The number of hydrogen-bond acceptors (Lipinski definition) is 7. The molecule has 1 atom stereocenters. The molecule has 1 spiro atoms. The number of esters is 1. The van der Waals surface area contributed by atoms with Crippen molar-refractivity contribution < 1.29 is 28.8 Å². The van der Waals surface area contributed by atoms with Crippen LogP contribution in [0.2, 0.25) is 0 Å². The lowest BCUT2D eigenvalue weighted by Gasteiger charge is -2.39. The monoisotopic (exact) mass is 493 g/mol. The van der Waals surface area contributed by atoms with Crippen LogP contribution in [0.4, 0.5) is 0 Å². The Morgan fingerprint density at radius 2 is 1.81 bits per heavy atom. The van der Waals surface area contributed by atoms with Gasteiger partial charge in [-0.2, -0.15) is 0 Å². The molecule has 6 rings (SSSR count). The largest absolute Gasteiger partial charge is 0.491 e. The van der Waals surface area contributed by atoms with Crippen molar-refractivity contribution in [3.05, 3.63) is 53.1 Å². The van der Waals surface area contributed by atoms with Crippen LogP contribution in [0.1, 0.15) is 72.3 Å². The zero-order valence-electron chi connectivity index (χ0n) is 20.7. The predicted octanol–water partition coefficient (Wildman–Crippen LogP) is 4.41. The molecule has 0 radical (unpaired) electrons. The summed E-state index contributed by atoms with van der Waals surface area (Å²) in [6, 6.07) is 12.1. The molecule has 1 aliphatic carbocycles. The van der Waals surface area contributed by atoms with E-state index in [0.29, 0.717) is 55.6 Å². The van der Waals surface area contributed by atoms with Gasteiger partial charge in [0.2, 0.25) is 0 Å². The molecule has 3 heterocycles. The summed E-state index contributed by atoms with van der Waals surface area (Å²) in [6.45, 7) is 3.38. The number of piperidine rings is 1. The number of carbonyl (C=O) groups excluding carboxylic acids is 1. The summed E-state index contributed by atoms with van der Waals surface area (Å²) in [6.07, 6.45) is 6.56.